The third-order valence-corrected chi connectivity index (χ3v) is 6.56. The molecular formula is C29H25N3O4. The van der Waals surface area contributed by atoms with Crippen molar-refractivity contribution < 1.29 is 19.1 Å². The number of nitrogens with one attached hydrogen (secondary N) is 1. The summed E-state index contributed by atoms with van der Waals surface area (Å²) < 4.78 is 5.67. The number of carbonyl (C=O) groups is 3. The molecule has 2 atom stereocenters. The summed E-state index contributed by atoms with van der Waals surface area (Å²) in [7, 11) is 0. The van der Waals surface area contributed by atoms with Crippen molar-refractivity contribution in [1.82, 2.24) is 15.2 Å². The molecule has 3 amide bonds. The first-order valence-electron chi connectivity index (χ1n) is 11.7. The molecule has 1 aliphatic rings. The van der Waals surface area contributed by atoms with E-state index in [9.17, 15) is 14.4 Å². The maximum atomic E-state index is 13.8. The first-order chi connectivity index (χ1) is 17.5. The van der Waals surface area contributed by atoms with E-state index >= 15 is 0 Å². The van der Waals surface area contributed by atoms with Gasteiger partial charge in [-0.25, -0.2) is 9.69 Å². The molecule has 0 unspecified atom stereocenters. The van der Waals surface area contributed by atoms with Gasteiger partial charge in [0.25, 0.3) is 17.4 Å². The third kappa shape index (κ3) is 4.20. The van der Waals surface area contributed by atoms with Crippen molar-refractivity contribution in [2.24, 2.45) is 0 Å². The summed E-state index contributed by atoms with van der Waals surface area (Å²) in [5.41, 5.74) is 0.333. The highest BCUT2D eigenvalue weighted by molar-refractivity contribution is 6.17. The molecule has 0 spiro atoms. The molecule has 2 heterocycles. The quantitative estimate of drug-likeness (QED) is 0.392. The van der Waals surface area contributed by atoms with Crippen molar-refractivity contribution in [3.05, 3.63) is 114 Å². The Morgan fingerprint density at radius 3 is 2.44 bits per heavy atom. The largest absolute Gasteiger partial charge is 0.422 e. The fourth-order valence-electron chi connectivity index (χ4n) is 4.61. The predicted octanol–water partition coefficient (Wildman–Crippen LogP) is 4.57. The summed E-state index contributed by atoms with van der Waals surface area (Å²) >= 11 is 0. The molecule has 5 rings (SSSR count). The van der Waals surface area contributed by atoms with E-state index in [1.54, 1.807) is 31.5 Å². The van der Waals surface area contributed by atoms with Crippen molar-refractivity contribution in [3.63, 3.8) is 0 Å². The molecule has 7 nitrogen and oxygen atoms in total. The summed E-state index contributed by atoms with van der Waals surface area (Å²) in [5.74, 6) is -1.33. The molecule has 3 aromatic carbocycles. The van der Waals surface area contributed by atoms with Gasteiger partial charge in [0.15, 0.2) is 0 Å². The minimum Gasteiger partial charge on any atom is -0.422 e. The Morgan fingerprint density at radius 2 is 1.69 bits per heavy atom. The Bertz CT molecular complexity index is 1420. The van der Waals surface area contributed by atoms with Gasteiger partial charge in [-0.15, -0.1) is 0 Å². The van der Waals surface area contributed by atoms with Crippen molar-refractivity contribution in [2.75, 3.05) is 0 Å². The summed E-state index contributed by atoms with van der Waals surface area (Å²) in [6.07, 6.45) is 2.54. The number of nitrogens with zero attached hydrogens (tertiary/aromatic N) is 2. The molecule has 4 aromatic rings. The minimum absolute atomic E-state index is 0.0677. The number of benzene rings is 3. The Hall–Kier alpha value is -4.52. The topological polar surface area (TPSA) is 88.6 Å². The minimum atomic E-state index is -2.01. The molecule has 36 heavy (non-hydrogen) atoms. The predicted molar refractivity (Wildman–Crippen MR) is 135 cm³/mol. The van der Waals surface area contributed by atoms with Crippen molar-refractivity contribution in [3.8, 4) is 0 Å². The van der Waals surface area contributed by atoms with Crippen LogP contribution < -0.4 is 5.32 Å². The molecule has 180 valence electrons. The number of cyclic esters (lactones) is 1. The van der Waals surface area contributed by atoms with Crippen LogP contribution in [0.1, 0.15) is 29.7 Å². The van der Waals surface area contributed by atoms with Crippen molar-refractivity contribution in [1.29, 1.82) is 0 Å². The highest BCUT2D eigenvalue weighted by Gasteiger charge is 2.60. The number of hydrogen-bond acceptors (Lipinski definition) is 5. The van der Waals surface area contributed by atoms with Crippen LogP contribution >= 0.6 is 0 Å². The van der Waals surface area contributed by atoms with Gasteiger partial charge in [-0.05, 0) is 35.1 Å². The number of hydrogen-bond donors (Lipinski definition) is 1. The average molecular weight is 480 g/mol. The number of fused-ring (bicyclic) bond motifs is 1. The fraction of sp³-hybridized carbons (Fsp3) is 0.172. The second-order valence-electron chi connectivity index (χ2n) is 8.82. The summed E-state index contributed by atoms with van der Waals surface area (Å²) in [5, 5.41) is 4.74. The van der Waals surface area contributed by atoms with Crippen molar-refractivity contribution in [2.45, 2.75) is 31.5 Å². The molecule has 1 saturated heterocycles. The van der Waals surface area contributed by atoms with E-state index in [0.717, 1.165) is 26.8 Å². The van der Waals surface area contributed by atoms with E-state index in [2.05, 4.69) is 10.3 Å². The second kappa shape index (κ2) is 9.62. The number of aromatic nitrogens is 1. The number of pyridine rings is 1. The van der Waals surface area contributed by atoms with E-state index in [1.807, 2.05) is 72.8 Å². The number of ether oxygens (including phenoxy) is 1. The summed E-state index contributed by atoms with van der Waals surface area (Å²) in [4.78, 5) is 45.8. The zero-order chi connectivity index (χ0) is 25.1. The maximum absolute atomic E-state index is 13.8. The van der Waals surface area contributed by atoms with Crippen LogP contribution in [0.15, 0.2) is 97.3 Å². The molecule has 1 N–H and O–H groups in total. The third-order valence-electron chi connectivity index (χ3n) is 6.56. The summed E-state index contributed by atoms with van der Waals surface area (Å²) in [6.45, 7) is 1.91. The van der Waals surface area contributed by atoms with Gasteiger partial charge in [-0.1, -0.05) is 78.9 Å². The van der Waals surface area contributed by atoms with Crippen LogP contribution in [0.5, 0.6) is 0 Å². The SMILES string of the molecule is C[C@H](c1ccccc1)N1C(=O)O[C@](Cc2ccccc2)(C(=O)NCc2cccc3cnccc23)C1=O. The number of imide groups is 1. The van der Waals surface area contributed by atoms with E-state index in [0.29, 0.717) is 5.56 Å². The van der Waals surface area contributed by atoms with Crippen LogP contribution in [0.3, 0.4) is 0 Å². The highest BCUT2D eigenvalue weighted by atomic mass is 16.6. The Balaban J connectivity index is 1.47. The van der Waals surface area contributed by atoms with Gasteiger partial charge in [0, 0.05) is 30.7 Å². The lowest BCUT2D eigenvalue weighted by Gasteiger charge is -2.26. The standard InChI is InChI=1S/C29H25N3O4/c1-20(22-11-6-3-7-12-22)32-27(34)29(36-28(32)35,17-21-9-4-2-5-10-21)26(33)31-19-24-14-8-13-23-18-30-16-15-25(23)24/h2-16,18,20H,17,19H2,1H3,(H,31,33)/t20-,29-/m1/s1. The number of carbonyl (C=O) groups excluding carboxylic acids is 3. The highest BCUT2D eigenvalue weighted by Crippen LogP contribution is 2.35. The first kappa shape index (κ1) is 23.2. The van der Waals surface area contributed by atoms with Crippen molar-refractivity contribution >= 4 is 28.7 Å². The molecule has 0 bridgehead atoms. The molecule has 0 aliphatic carbocycles. The van der Waals surface area contributed by atoms with Crippen LogP contribution in [0.4, 0.5) is 4.79 Å². The molecule has 1 fully saturated rings. The zero-order valence-electron chi connectivity index (χ0n) is 19.8. The van der Waals surface area contributed by atoms with Gasteiger partial charge in [-0.3, -0.25) is 14.6 Å². The van der Waals surface area contributed by atoms with Gasteiger partial charge < -0.3 is 10.1 Å². The van der Waals surface area contributed by atoms with Gasteiger partial charge in [0.2, 0.25) is 0 Å². The summed E-state index contributed by atoms with van der Waals surface area (Å²) in [6, 6.07) is 25.3. The first-order valence-corrected chi connectivity index (χ1v) is 11.7. The van der Waals surface area contributed by atoms with Crippen LogP contribution in [0, 0.1) is 0 Å². The number of rotatable bonds is 7. The smallest absolute Gasteiger partial charge is 0.418 e. The van der Waals surface area contributed by atoms with E-state index in [-0.39, 0.29) is 13.0 Å². The lowest BCUT2D eigenvalue weighted by Crippen LogP contribution is -2.55. The molecule has 1 aromatic heterocycles. The van der Waals surface area contributed by atoms with Crippen LogP contribution in [-0.2, 0) is 27.3 Å². The van der Waals surface area contributed by atoms with E-state index in [1.165, 1.54) is 0 Å². The van der Waals surface area contributed by atoms with E-state index < -0.39 is 29.6 Å². The lowest BCUT2D eigenvalue weighted by molar-refractivity contribution is -0.150. The molecule has 1 aliphatic heterocycles. The fourth-order valence-corrected chi connectivity index (χ4v) is 4.61. The lowest BCUT2D eigenvalue weighted by atomic mass is 9.91. The monoisotopic (exact) mass is 479 g/mol. The Morgan fingerprint density at radius 1 is 0.972 bits per heavy atom. The van der Waals surface area contributed by atoms with Crippen LogP contribution in [0.25, 0.3) is 10.8 Å². The number of amides is 3. The zero-order valence-corrected chi connectivity index (χ0v) is 19.8. The normalized spacial score (nSPS) is 18.2. The molecule has 7 heteroatoms. The van der Waals surface area contributed by atoms with Crippen LogP contribution in [-0.4, -0.2) is 33.4 Å². The van der Waals surface area contributed by atoms with Crippen LogP contribution in [0.2, 0.25) is 0 Å². The van der Waals surface area contributed by atoms with Gasteiger partial charge in [0.1, 0.15) is 0 Å². The van der Waals surface area contributed by atoms with Gasteiger partial charge in [0.05, 0.1) is 6.04 Å². The second-order valence-corrected chi connectivity index (χ2v) is 8.82. The maximum Gasteiger partial charge on any atom is 0.418 e. The molecule has 0 saturated carbocycles. The Labute approximate surface area is 208 Å². The molecular weight excluding hydrogens is 454 g/mol. The average Bonchev–Trinajstić information content (AvgIpc) is 3.17. The van der Waals surface area contributed by atoms with Gasteiger partial charge in [-0.2, -0.15) is 0 Å². The molecule has 0 radical (unpaired) electrons. The van der Waals surface area contributed by atoms with E-state index in [4.69, 9.17) is 4.74 Å². The van der Waals surface area contributed by atoms with Gasteiger partial charge >= 0.3 is 6.09 Å². The Kier molecular flexibility index (Phi) is 6.21.